The van der Waals surface area contributed by atoms with Gasteiger partial charge in [-0.1, -0.05) is 43.3 Å². The van der Waals surface area contributed by atoms with Crippen molar-refractivity contribution in [3.63, 3.8) is 0 Å². The fourth-order valence-electron chi connectivity index (χ4n) is 2.25. The number of hydrogen-bond donors (Lipinski definition) is 1. The smallest absolute Gasteiger partial charge is 0.356 e. The Kier molecular flexibility index (Phi) is 4.35. The monoisotopic (exact) mass is 270 g/mol. The van der Waals surface area contributed by atoms with Crippen LogP contribution in [0.4, 0.5) is 0 Å². The summed E-state index contributed by atoms with van der Waals surface area (Å²) in [4.78, 5) is 11.3. The van der Waals surface area contributed by atoms with Crippen molar-refractivity contribution in [3.05, 3.63) is 58.9 Å². The molecule has 0 unspecified atom stereocenters. The van der Waals surface area contributed by atoms with Gasteiger partial charge in [0, 0.05) is 5.56 Å². The summed E-state index contributed by atoms with van der Waals surface area (Å²) >= 11 is 0. The topological polar surface area (TPSA) is 55.1 Å². The van der Waals surface area contributed by atoms with Gasteiger partial charge in [-0.2, -0.15) is 5.10 Å². The summed E-state index contributed by atoms with van der Waals surface area (Å²) in [6.45, 7) is 4.43. The van der Waals surface area contributed by atoms with E-state index >= 15 is 0 Å². The van der Waals surface area contributed by atoms with Gasteiger partial charge in [0.05, 0.1) is 12.2 Å². The van der Waals surface area contributed by atoms with Crippen LogP contribution in [0.1, 0.15) is 41.2 Å². The number of carboxylic acid groups (broad SMARTS) is 1. The van der Waals surface area contributed by atoms with Gasteiger partial charge in [0.1, 0.15) is 0 Å². The second kappa shape index (κ2) is 6.19. The van der Waals surface area contributed by atoms with Crippen LogP contribution in [-0.4, -0.2) is 20.9 Å². The first-order valence-corrected chi connectivity index (χ1v) is 6.67. The normalized spacial score (nSPS) is 11.1. The van der Waals surface area contributed by atoms with Crippen LogP contribution in [0.5, 0.6) is 0 Å². The molecular formula is C16H18N2O2. The molecule has 4 nitrogen and oxygen atoms in total. The van der Waals surface area contributed by atoms with Crippen molar-refractivity contribution in [1.82, 2.24) is 9.78 Å². The third-order valence-corrected chi connectivity index (χ3v) is 3.15. The van der Waals surface area contributed by atoms with Gasteiger partial charge in [0.25, 0.3) is 0 Å². The molecule has 0 amide bonds. The first kappa shape index (κ1) is 14.1. The second-order valence-electron chi connectivity index (χ2n) is 4.51. The summed E-state index contributed by atoms with van der Waals surface area (Å²) in [6.07, 6.45) is 4.47. The van der Waals surface area contributed by atoms with E-state index in [1.807, 2.05) is 56.3 Å². The molecule has 0 radical (unpaired) electrons. The summed E-state index contributed by atoms with van der Waals surface area (Å²) < 4.78 is 1.76. The molecule has 0 fully saturated rings. The summed E-state index contributed by atoms with van der Waals surface area (Å²) in [5, 5.41) is 13.5. The lowest BCUT2D eigenvalue weighted by Gasteiger charge is -2.05. The van der Waals surface area contributed by atoms with E-state index in [4.69, 9.17) is 0 Å². The molecule has 0 saturated carbocycles. The molecule has 1 aromatic carbocycles. The predicted octanol–water partition coefficient (Wildman–Crippen LogP) is 3.23. The molecule has 0 aliphatic rings. The molecule has 0 bridgehead atoms. The number of carbonyl (C=O) groups is 1. The maximum Gasteiger partial charge on any atom is 0.356 e. The Morgan fingerprint density at radius 2 is 2.05 bits per heavy atom. The Morgan fingerprint density at radius 1 is 1.35 bits per heavy atom. The molecule has 1 N–H and O–H groups in total. The highest BCUT2D eigenvalue weighted by molar-refractivity contribution is 5.88. The van der Waals surface area contributed by atoms with Gasteiger partial charge in [-0.25, -0.2) is 4.79 Å². The number of allylic oxidation sites excluding steroid dienone is 1. The molecule has 20 heavy (non-hydrogen) atoms. The minimum Gasteiger partial charge on any atom is -0.476 e. The lowest BCUT2D eigenvalue weighted by Crippen LogP contribution is -2.05. The maximum absolute atomic E-state index is 11.3. The molecular weight excluding hydrogens is 252 g/mol. The molecule has 2 aromatic rings. The quantitative estimate of drug-likeness (QED) is 0.907. The zero-order valence-corrected chi connectivity index (χ0v) is 11.7. The van der Waals surface area contributed by atoms with E-state index < -0.39 is 5.97 Å². The Hall–Kier alpha value is -2.36. The first-order valence-electron chi connectivity index (χ1n) is 6.67. The van der Waals surface area contributed by atoms with Gasteiger partial charge in [-0.3, -0.25) is 4.68 Å². The lowest BCUT2D eigenvalue weighted by molar-refractivity contribution is 0.0688. The fraction of sp³-hybridized carbons (Fsp3) is 0.250. The number of aromatic carboxylic acids is 1. The van der Waals surface area contributed by atoms with Crippen molar-refractivity contribution >= 4 is 12.0 Å². The minimum absolute atomic E-state index is 0.150. The van der Waals surface area contributed by atoms with Crippen molar-refractivity contribution in [2.75, 3.05) is 0 Å². The number of carboxylic acids is 1. The SMILES string of the molecule is C/C=C\c1c(CC)c(C(=O)O)nn1Cc1ccccc1. The van der Waals surface area contributed by atoms with Gasteiger partial charge in [0.2, 0.25) is 0 Å². The van der Waals surface area contributed by atoms with Crippen LogP contribution in [0.3, 0.4) is 0 Å². The number of rotatable bonds is 5. The molecule has 0 spiro atoms. The van der Waals surface area contributed by atoms with Crippen molar-refractivity contribution in [2.24, 2.45) is 0 Å². The van der Waals surface area contributed by atoms with E-state index in [0.717, 1.165) is 16.8 Å². The average Bonchev–Trinajstić information content (AvgIpc) is 2.79. The van der Waals surface area contributed by atoms with Gasteiger partial charge >= 0.3 is 5.97 Å². The Labute approximate surface area is 118 Å². The van der Waals surface area contributed by atoms with Crippen molar-refractivity contribution in [1.29, 1.82) is 0 Å². The maximum atomic E-state index is 11.3. The van der Waals surface area contributed by atoms with E-state index in [9.17, 15) is 9.90 Å². The molecule has 104 valence electrons. The van der Waals surface area contributed by atoms with E-state index in [1.54, 1.807) is 4.68 Å². The van der Waals surface area contributed by atoms with Gasteiger partial charge in [-0.15, -0.1) is 0 Å². The number of aromatic nitrogens is 2. The molecule has 4 heteroatoms. The molecule has 1 heterocycles. The zero-order chi connectivity index (χ0) is 14.5. The summed E-state index contributed by atoms with van der Waals surface area (Å²) in [5.41, 5.74) is 2.90. The molecule has 1 aromatic heterocycles. The molecule has 0 aliphatic carbocycles. The van der Waals surface area contributed by atoms with E-state index in [-0.39, 0.29) is 5.69 Å². The number of nitrogens with zero attached hydrogens (tertiary/aromatic N) is 2. The van der Waals surface area contributed by atoms with Crippen LogP contribution in [0, 0.1) is 0 Å². The average molecular weight is 270 g/mol. The Bertz CT molecular complexity index is 627. The molecule has 0 aliphatic heterocycles. The first-order chi connectivity index (χ1) is 9.67. The van der Waals surface area contributed by atoms with E-state index in [2.05, 4.69) is 5.10 Å². The minimum atomic E-state index is -0.973. The van der Waals surface area contributed by atoms with Crippen LogP contribution in [-0.2, 0) is 13.0 Å². The summed E-state index contributed by atoms with van der Waals surface area (Å²) in [5.74, 6) is -0.973. The van der Waals surface area contributed by atoms with Crippen molar-refractivity contribution in [2.45, 2.75) is 26.8 Å². The third kappa shape index (κ3) is 2.79. The van der Waals surface area contributed by atoms with Gasteiger partial charge < -0.3 is 5.11 Å². The predicted molar refractivity (Wildman–Crippen MR) is 78.8 cm³/mol. The zero-order valence-electron chi connectivity index (χ0n) is 11.7. The van der Waals surface area contributed by atoms with E-state index in [0.29, 0.717) is 13.0 Å². The Morgan fingerprint density at radius 3 is 2.60 bits per heavy atom. The molecule has 2 rings (SSSR count). The van der Waals surface area contributed by atoms with E-state index in [1.165, 1.54) is 0 Å². The number of hydrogen-bond acceptors (Lipinski definition) is 2. The van der Waals surface area contributed by atoms with Gasteiger partial charge in [0.15, 0.2) is 5.69 Å². The van der Waals surface area contributed by atoms with Gasteiger partial charge in [-0.05, 0) is 25.0 Å². The van der Waals surface area contributed by atoms with Crippen molar-refractivity contribution in [3.8, 4) is 0 Å². The lowest BCUT2D eigenvalue weighted by atomic mass is 10.1. The third-order valence-electron chi connectivity index (χ3n) is 3.15. The highest BCUT2D eigenvalue weighted by atomic mass is 16.4. The van der Waals surface area contributed by atoms with Crippen LogP contribution < -0.4 is 0 Å². The number of benzene rings is 1. The van der Waals surface area contributed by atoms with Crippen LogP contribution in [0.15, 0.2) is 36.4 Å². The van der Waals surface area contributed by atoms with Crippen LogP contribution in [0.2, 0.25) is 0 Å². The standard InChI is InChI=1S/C16H18N2O2/c1-3-8-14-13(4-2)15(16(19)20)17-18(14)11-12-9-6-5-7-10-12/h3,5-10H,4,11H2,1-2H3,(H,19,20)/b8-3-. The molecule has 0 atom stereocenters. The van der Waals surface area contributed by atoms with Crippen LogP contribution >= 0.6 is 0 Å². The Balaban J connectivity index is 2.49. The highest BCUT2D eigenvalue weighted by Gasteiger charge is 2.19. The van der Waals surface area contributed by atoms with Crippen LogP contribution in [0.25, 0.3) is 6.08 Å². The summed E-state index contributed by atoms with van der Waals surface area (Å²) in [7, 11) is 0. The molecule has 0 saturated heterocycles. The highest BCUT2D eigenvalue weighted by Crippen LogP contribution is 2.19. The fourth-order valence-corrected chi connectivity index (χ4v) is 2.25. The summed E-state index contributed by atoms with van der Waals surface area (Å²) in [6, 6.07) is 9.90. The second-order valence-corrected chi connectivity index (χ2v) is 4.51. The largest absolute Gasteiger partial charge is 0.476 e. The van der Waals surface area contributed by atoms with Crippen molar-refractivity contribution < 1.29 is 9.90 Å².